The molecule has 4 heteroatoms. The minimum absolute atomic E-state index is 0.157. The van der Waals surface area contributed by atoms with E-state index in [9.17, 15) is 12.3 Å². The third-order valence-electron chi connectivity index (χ3n) is 3.14. The van der Waals surface area contributed by atoms with E-state index < -0.39 is 15.5 Å². The normalized spacial score (nSPS) is 43.2. The predicted octanol–water partition coefficient (Wildman–Crippen LogP) is 1.47. The van der Waals surface area contributed by atoms with Gasteiger partial charge in [-0.3, -0.25) is 0 Å². The van der Waals surface area contributed by atoms with Gasteiger partial charge in [-0.1, -0.05) is 0 Å². The van der Waals surface area contributed by atoms with E-state index in [1.807, 2.05) is 0 Å². The first-order chi connectivity index (χ1) is 5.09. The molecule has 0 bridgehead atoms. The van der Waals surface area contributed by atoms with Gasteiger partial charge in [0.1, 0.15) is 0 Å². The summed E-state index contributed by atoms with van der Waals surface area (Å²) in [5, 5.41) is -0.652. The third kappa shape index (κ3) is 1.08. The maximum absolute atomic E-state index is 12.5. The fourth-order valence-electron chi connectivity index (χ4n) is 2.38. The van der Waals surface area contributed by atoms with Gasteiger partial charge in [0.2, 0.25) is 0 Å². The van der Waals surface area contributed by atoms with Crippen LogP contribution < -0.4 is 0 Å². The number of hydrogen-bond donors (Lipinski definition) is 0. The van der Waals surface area contributed by atoms with Crippen molar-refractivity contribution in [1.82, 2.24) is 0 Å². The lowest BCUT2D eigenvalue weighted by Gasteiger charge is -2.32. The Balaban J connectivity index is 2.18. The molecule has 2 aliphatic rings. The molecule has 2 rings (SSSR count). The maximum Gasteiger partial charge on any atom is 0.305 e. The Morgan fingerprint density at radius 2 is 1.73 bits per heavy atom. The maximum atomic E-state index is 12.5. The standard InChI is InChI=1S/C7H11FO2S/c8-11(9,10)7-4-2-5-1-3-6(5)7/h5-7H,1-4H2. The zero-order chi connectivity index (χ0) is 8.06. The molecular formula is C7H11FO2S. The third-order valence-corrected chi connectivity index (χ3v) is 4.45. The Kier molecular flexibility index (Phi) is 1.50. The molecule has 64 valence electrons. The molecule has 0 amide bonds. The molecule has 0 radical (unpaired) electrons. The van der Waals surface area contributed by atoms with Crippen LogP contribution in [0.1, 0.15) is 25.7 Å². The summed E-state index contributed by atoms with van der Waals surface area (Å²) >= 11 is 0. The Labute approximate surface area is 66.0 Å². The second kappa shape index (κ2) is 2.19. The van der Waals surface area contributed by atoms with Crippen LogP contribution >= 0.6 is 0 Å². The Hall–Kier alpha value is -0.120. The summed E-state index contributed by atoms with van der Waals surface area (Å²) in [6.07, 6.45) is 3.49. The fraction of sp³-hybridized carbons (Fsp3) is 1.00. The quantitative estimate of drug-likeness (QED) is 0.570. The first-order valence-corrected chi connectivity index (χ1v) is 5.47. The summed E-state index contributed by atoms with van der Waals surface area (Å²) in [5.74, 6) is 0.676. The number of fused-ring (bicyclic) bond motifs is 1. The molecule has 2 saturated carbocycles. The van der Waals surface area contributed by atoms with E-state index in [1.165, 1.54) is 0 Å². The van der Waals surface area contributed by atoms with Gasteiger partial charge >= 0.3 is 10.2 Å². The average Bonchev–Trinajstić information content (AvgIpc) is 2.05. The molecule has 0 N–H and O–H groups in total. The summed E-state index contributed by atoms with van der Waals surface area (Å²) in [6, 6.07) is 0. The predicted molar refractivity (Wildman–Crippen MR) is 39.3 cm³/mol. The molecule has 0 spiro atoms. The fourth-order valence-corrected chi connectivity index (χ4v) is 3.58. The van der Waals surface area contributed by atoms with E-state index in [0.717, 1.165) is 19.3 Å². The Morgan fingerprint density at radius 1 is 1.09 bits per heavy atom. The van der Waals surface area contributed by atoms with E-state index >= 15 is 0 Å². The highest BCUT2D eigenvalue weighted by Gasteiger charge is 2.48. The van der Waals surface area contributed by atoms with E-state index in [-0.39, 0.29) is 5.92 Å². The molecule has 0 heterocycles. The first kappa shape index (κ1) is 7.53. The van der Waals surface area contributed by atoms with E-state index in [1.54, 1.807) is 0 Å². The van der Waals surface area contributed by atoms with Crippen molar-refractivity contribution in [3.63, 3.8) is 0 Å². The molecule has 2 nitrogen and oxygen atoms in total. The monoisotopic (exact) mass is 178 g/mol. The molecule has 0 aromatic rings. The molecule has 11 heavy (non-hydrogen) atoms. The topological polar surface area (TPSA) is 34.1 Å². The van der Waals surface area contributed by atoms with Crippen LogP contribution in [0.4, 0.5) is 3.89 Å². The second-order valence-corrected chi connectivity index (χ2v) is 5.15. The lowest BCUT2D eigenvalue weighted by molar-refractivity contribution is 0.218. The van der Waals surface area contributed by atoms with E-state index in [0.29, 0.717) is 12.3 Å². The summed E-state index contributed by atoms with van der Waals surface area (Å²) in [5.41, 5.74) is 0. The molecule has 0 aromatic carbocycles. The van der Waals surface area contributed by atoms with Crippen LogP contribution in [0.2, 0.25) is 0 Å². The second-order valence-electron chi connectivity index (χ2n) is 3.59. The lowest BCUT2D eigenvalue weighted by Crippen LogP contribution is -2.31. The van der Waals surface area contributed by atoms with Crippen molar-refractivity contribution in [3.05, 3.63) is 0 Å². The van der Waals surface area contributed by atoms with E-state index in [4.69, 9.17) is 0 Å². The van der Waals surface area contributed by atoms with Crippen molar-refractivity contribution in [2.75, 3.05) is 0 Å². The minimum Gasteiger partial charge on any atom is -0.195 e. The number of hydrogen-bond acceptors (Lipinski definition) is 2. The minimum atomic E-state index is -4.23. The molecule has 3 unspecified atom stereocenters. The number of halogens is 1. The molecule has 0 aliphatic heterocycles. The van der Waals surface area contributed by atoms with Gasteiger partial charge in [0.25, 0.3) is 0 Å². The first-order valence-electron chi connectivity index (χ1n) is 4.02. The van der Waals surface area contributed by atoms with Crippen LogP contribution in [0.5, 0.6) is 0 Å². The highest BCUT2D eigenvalue weighted by Crippen LogP contribution is 2.49. The number of rotatable bonds is 1. The van der Waals surface area contributed by atoms with Gasteiger partial charge in [-0.25, -0.2) is 0 Å². The van der Waals surface area contributed by atoms with Crippen LogP contribution in [0.25, 0.3) is 0 Å². The molecule has 2 fully saturated rings. The summed E-state index contributed by atoms with van der Waals surface area (Å²) in [6.45, 7) is 0. The van der Waals surface area contributed by atoms with Gasteiger partial charge < -0.3 is 0 Å². The van der Waals surface area contributed by atoms with Crippen molar-refractivity contribution in [1.29, 1.82) is 0 Å². The van der Waals surface area contributed by atoms with Crippen molar-refractivity contribution in [2.45, 2.75) is 30.9 Å². The van der Waals surface area contributed by atoms with Gasteiger partial charge in [-0.2, -0.15) is 8.42 Å². The van der Waals surface area contributed by atoms with Gasteiger partial charge in [-0.05, 0) is 37.5 Å². The highest BCUT2D eigenvalue weighted by molar-refractivity contribution is 7.87. The van der Waals surface area contributed by atoms with Gasteiger partial charge in [-0.15, -0.1) is 3.89 Å². The largest absolute Gasteiger partial charge is 0.305 e. The summed E-state index contributed by atoms with van der Waals surface area (Å²) in [4.78, 5) is 0. The highest BCUT2D eigenvalue weighted by atomic mass is 32.3. The van der Waals surface area contributed by atoms with Gasteiger partial charge in [0.15, 0.2) is 0 Å². The Bertz CT molecular complexity index is 260. The molecular weight excluding hydrogens is 167 g/mol. The van der Waals surface area contributed by atoms with Gasteiger partial charge in [0, 0.05) is 0 Å². The van der Waals surface area contributed by atoms with E-state index in [2.05, 4.69) is 0 Å². The zero-order valence-corrected chi connectivity index (χ0v) is 6.98. The van der Waals surface area contributed by atoms with Crippen LogP contribution in [0, 0.1) is 11.8 Å². The van der Waals surface area contributed by atoms with Crippen LogP contribution in [-0.4, -0.2) is 13.7 Å². The molecule has 2 aliphatic carbocycles. The van der Waals surface area contributed by atoms with Crippen molar-refractivity contribution < 1.29 is 12.3 Å². The van der Waals surface area contributed by atoms with Crippen LogP contribution in [0.15, 0.2) is 0 Å². The zero-order valence-electron chi connectivity index (χ0n) is 6.16. The smallest absolute Gasteiger partial charge is 0.195 e. The molecule has 3 atom stereocenters. The SMILES string of the molecule is O=S(=O)(F)C1CCC2CCC21. The van der Waals surface area contributed by atoms with Crippen LogP contribution in [0.3, 0.4) is 0 Å². The van der Waals surface area contributed by atoms with Crippen LogP contribution in [-0.2, 0) is 10.2 Å². The lowest BCUT2D eigenvalue weighted by atomic mass is 9.76. The molecule has 0 aromatic heterocycles. The van der Waals surface area contributed by atoms with Crippen molar-refractivity contribution >= 4 is 10.2 Å². The summed E-state index contributed by atoms with van der Waals surface area (Å²) < 4.78 is 33.6. The average molecular weight is 178 g/mol. The van der Waals surface area contributed by atoms with Gasteiger partial charge in [0.05, 0.1) is 5.25 Å². The van der Waals surface area contributed by atoms with Crippen molar-refractivity contribution in [2.24, 2.45) is 11.8 Å². The Morgan fingerprint density at radius 3 is 2.00 bits per heavy atom. The van der Waals surface area contributed by atoms with Crippen molar-refractivity contribution in [3.8, 4) is 0 Å². The summed E-state index contributed by atoms with van der Waals surface area (Å²) in [7, 11) is -4.23. The molecule has 0 saturated heterocycles.